The van der Waals surface area contributed by atoms with Gasteiger partial charge in [-0.1, -0.05) is 6.07 Å². The summed E-state index contributed by atoms with van der Waals surface area (Å²) in [5.74, 6) is -0.902. The van der Waals surface area contributed by atoms with E-state index in [0.29, 0.717) is 11.3 Å². The number of hydrogen-bond acceptors (Lipinski definition) is 8. The van der Waals surface area contributed by atoms with E-state index in [1.807, 2.05) is 0 Å². The molecule has 0 unspecified atom stereocenters. The Morgan fingerprint density at radius 1 is 1.08 bits per heavy atom. The minimum atomic E-state index is -3.88. The lowest BCUT2D eigenvalue weighted by Crippen LogP contribution is -2.15. The fraction of sp³-hybridized carbons (Fsp3) is 0.412. The van der Waals surface area contributed by atoms with Gasteiger partial charge in [-0.2, -0.15) is 0 Å². The highest BCUT2D eigenvalue weighted by Crippen LogP contribution is 2.55. The van der Waals surface area contributed by atoms with Crippen LogP contribution in [0.4, 0.5) is 0 Å². The van der Waals surface area contributed by atoms with Gasteiger partial charge in [0.25, 0.3) is 0 Å². The van der Waals surface area contributed by atoms with Crippen LogP contribution in [0.2, 0.25) is 0 Å². The van der Waals surface area contributed by atoms with Crippen LogP contribution in [0.15, 0.2) is 23.5 Å². The van der Waals surface area contributed by atoms with E-state index in [1.165, 1.54) is 40.4 Å². The molecule has 0 amide bonds. The molecule has 0 N–H and O–H groups in total. The van der Waals surface area contributed by atoms with Crippen molar-refractivity contribution in [3.8, 4) is 11.5 Å². The van der Waals surface area contributed by atoms with E-state index in [9.17, 15) is 14.2 Å². The Labute approximate surface area is 152 Å². The molecule has 9 heteroatoms. The molecular formula is C17H23O8P. The first-order valence-electron chi connectivity index (χ1n) is 7.68. The highest BCUT2D eigenvalue weighted by molar-refractivity contribution is 7.60. The number of benzene rings is 1. The largest absolute Gasteiger partial charge is 0.493 e. The normalized spacial score (nSPS) is 12.0. The van der Waals surface area contributed by atoms with Gasteiger partial charge in [-0.05, 0) is 37.6 Å². The Morgan fingerprint density at radius 3 is 2.15 bits per heavy atom. The molecule has 0 fully saturated rings. The molecule has 0 heterocycles. The first kappa shape index (κ1) is 21.9. The molecule has 0 spiro atoms. The van der Waals surface area contributed by atoms with Gasteiger partial charge in [-0.15, -0.1) is 0 Å². The lowest BCUT2D eigenvalue weighted by atomic mass is 10.2. The highest BCUT2D eigenvalue weighted by Gasteiger charge is 2.35. The maximum Gasteiger partial charge on any atom is 0.368 e. The predicted molar refractivity (Wildman–Crippen MR) is 95.1 cm³/mol. The molecular weight excluding hydrogens is 363 g/mol. The van der Waals surface area contributed by atoms with Crippen LogP contribution in [0, 0.1) is 0 Å². The van der Waals surface area contributed by atoms with Crippen LogP contribution in [0.1, 0.15) is 26.3 Å². The predicted octanol–water partition coefficient (Wildman–Crippen LogP) is 3.40. The molecule has 0 bridgehead atoms. The van der Waals surface area contributed by atoms with Crippen molar-refractivity contribution < 1.29 is 37.4 Å². The molecule has 8 nitrogen and oxygen atoms in total. The summed E-state index contributed by atoms with van der Waals surface area (Å²) in [4.78, 5) is 23.6. The number of carbonyl (C=O) groups excluding carboxylic acids is 2. The van der Waals surface area contributed by atoms with Crippen molar-refractivity contribution in [1.82, 2.24) is 0 Å². The molecule has 0 saturated carbocycles. The van der Waals surface area contributed by atoms with Gasteiger partial charge in [0.2, 0.25) is 0 Å². The van der Waals surface area contributed by atoms with Gasteiger partial charge in [0.1, 0.15) is 5.31 Å². The van der Waals surface area contributed by atoms with E-state index in [4.69, 9.17) is 23.3 Å². The topological polar surface area (TPSA) is 97.4 Å². The summed E-state index contributed by atoms with van der Waals surface area (Å²) in [6.45, 7) is 4.57. The molecule has 0 saturated heterocycles. The van der Waals surface area contributed by atoms with Crippen LogP contribution in [-0.2, 0) is 27.9 Å². The second kappa shape index (κ2) is 9.52. The van der Waals surface area contributed by atoms with E-state index in [0.717, 1.165) is 0 Å². The Morgan fingerprint density at radius 2 is 1.69 bits per heavy atom. The van der Waals surface area contributed by atoms with Gasteiger partial charge in [0.15, 0.2) is 11.5 Å². The summed E-state index contributed by atoms with van der Waals surface area (Å²) < 4.78 is 37.9. The third-order valence-corrected chi connectivity index (χ3v) is 4.94. The zero-order valence-corrected chi connectivity index (χ0v) is 16.5. The van der Waals surface area contributed by atoms with Crippen LogP contribution in [0.5, 0.6) is 11.5 Å². The molecule has 0 atom stereocenters. The zero-order valence-electron chi connectivity index (χ0n) is 15.6. The standard InChI is InChI=1S/C17H23O8P/c1-11(2)24-17(19)16(26(20,22-5)23-6)10-13-7-8-14(21-4)15(9-13)25-12(3)18/h7-11H,1-6H3/b16-10-. The maximum atomic E-state index is 12.7. The van der Waals surface area contributed by atoms with Crippen molar-refractivity contribution in [3.05, 3.63) is 29.1 Å². The van der Waals surface area contributed by atoms with Gasteiger partial charge in [0.05, 0.1) is 13.2 Å². The average molecular weight is 386 g/mol. The lowest BCUT2D eigenvalue weighted by molar-refractivity contribution is -0.142. The van der Waals surface area contributed by atoms with Gasteiger partial charge in [-0.25, -0.2) is 4.79 Å². The SMILES string of the molecule is COc1ccc(/C=C(/C(=O)OC(C)C)P(=O)(OC)OC)cc1OC(C)=O. The number of esters is 2. The van der Waals surface area contributed by atoms with Crippen LogP contribution in [0.3, 0.4) is 0 Å². The molecule has 0 aliphatic rings. The molecule has 1 aromatic carbocycles. The van der Waals surface area contributed by atoms with Crippen molar-refractivity contribution >= 4 is 25.6 Å². The van der Waals surface area contributed by atoms with Crippen molar-refractivity contribution in [1.29, 1.82) is 0 Å². The number of carbonyl (C=O) groups is 2. The Balaban J connectivity index is 3.46. The van der Waals surface area contributed by atoms with Crippen LogP contribution >= 0.6 is 7.60 Å². The van der Waals surface area contributed by atoms with Crippen molar-refractivity contribution in [3.63, 3.8) is 0 Å². The second-order valence-electron chi connectivity index (χ2n) is 5.35. The van der Waals surface area contributed by atoms with Crippen LogP contribution < -0.4 is 9.47 Å². The third-order valence-electron chi connectivity index (χ3n) is 3.07. The quantitative estimate of drug-likeness (QED) is 0.290. The second-order valence-corrected chi connectivity index (χ2v) is 7.56. The fourth-order valence-corrected chi connectivity index (χ4v) is 3.10. The van der Waals surface area contributed by atoms with Gasteiger partial charge < -0.3 is 23.3 Å². The summed E-state index contributed by atoms with van der Waals surface area (Å²) in [5, 5.41) is -0.282. The Hall–Kier alpha value is -2.15. The summed E-state index contributed by atoms with van der Waals surface area (Å²) in [7, 11) is -0.128. The van der Waals surface area contributed by atoms with E-state index < -0.39 is 25.6 Å². The van der Waals surface area contributed by atoms with E-state index in [2.05, 4.69) is 0 Å². The lowest BCUT2D eigenvalue weighted by Gasteiger charge is -2.18. The summed E-state index contributed by atoms with van der Waals surface area (Å²) >= 11 is 0. The van der Waals surface area contributed by atoms with E-state index in [1.54, 1.807) is 26.0 Å². The van der Waals surface area contributed by atoms with E-state index in [-0.39, 0.29) is 11.1 Å². The minimum absolute atomic E-state index is 0.148. The summed E-state index contributed by atoms with van der Waals surface area (Å²) in [6, 6.07) is 4.59. The first-order chi connectivity index (χ1) is 12.2. The third kappa shape index (κ3) is 5.69. The highest BCUT2D eigenvalue weighted by atomic mass is 31.2. The number of methoxy groups -OCH3 is 1. The van der Waals surface area contributed by atoms with Gasteiger partial charge in [-0.3, -0.25) is 9.36 Å². The van der Waals surface area contributed by atoms with E-state index >= 15 is 0 Å². The number of rotatable bonds is 8. The minimum Gasteiger partial charge on any atom is -0.493 e. The van der Waals surface area contributed by atoms with Gasteiger partial charge in [0, 0.05) is 21.1 Å². The fourth-order valence-electron chi connectivity index (χ4n) is 1.97. The van der Waals surface area contributed by atoms with Crippen LogP contribution in [-0.4, -0.2) is 39.4 Å². The summed E-state index contributed by atoms with van der Waals surface area (Å²) in [5.41, 5.74) is 0.409. The molecule has 0 radical (unpaired) electrons. The molecule has 0 aliphatic heterocycles. The Bertz CT molecular complexity index is 730. The van der Waals surface area contributed by atoms with Gasteiger partial charge >= 0.3 is 19.5 Å². The van der Waals surface area contributed by atoms with Crippen molar-refractivity contribution in [2.24, 2.45) is 0 Å². The maximum absolute atomic E-state index is 12.7. The molecule has 1 aromatic rings. The van der Waals surface area contributed by atoms with Crippen LogP contribution in [0.25, 0.3) is 6.08 Å². The molecule has 144 valence electrons. The smallest absolute Gasteiger partial charge is 0.368 e. The molecule has 1 rings (SSSR count). The zero-order chi connectivity index (χ0) is 19.9. The van der Waals surface area contributed by atoms with Crippen molar-refractivity contribution in [2.75, 3.05) is 21.3 Å². The molecule has 0 aromatic heterocycles. The summed E-state index contributed by atoms with van der Waals surface area (Å²) in [6.07, 6.45) is 0.866. The number of ether oxygens (including phenoxy) is 3. The molecule has 0 aliphatic carbocycles. The Kier molecular flexibility index (Phi) is 8.02. The van der Waals surface area contributed by atoms with Crippen molar-refractivity contribution in [2.45, 2.75) is 26.9 Å². The number of hydrogen-bond donors (Lipinski definition) is 0. The average Bonchev–Trinajstić information content (AvgIpc) is 2.58. The monoisotopic (exact) mass is 386 g/mol. The molecule has 26 heavy (non-hydrogen) atoms. The first-order valence-corrected chi connectivity index (χ1v) is 9.22.